The fourth-order valence-electron chi connectivity index (χ4n) is 3.13. The van der Waals surface area contributed by atoms with Crippen LogP contribution in [0.25, 0.3) is 0 Å². The molecular formula is C16H22F2O. The first-order chi connectivity index (χ1) is 9.04. The van der Waals surface area contributed by atoms with Crippen LogP contribution in [0.1, 0.15) is 56.3 Å². The van der Waals surface area contributed by atoms with Gasteiger partial charge in [0.2, 0.25) is 0 Å². The predicted molar refractivity (Wildman–Crippen MR) is 71.8 cm³/mol. The Morgan fingerprint density at radius 2 is 2.00 bits per heavy atom. The van der Waals surface area contributed by atoms with E-state index in [-0.39, 0.29) is 17.0 Å². The van der Waals surface area contributed by atoms with Crippen LogP contribution in [0.5, 0.6) is 0 Å². The maximum atomic E-state index is 13.9. The summed E-state index contributed by atoms with van der Waals surface area (Å²) in [5.74, 6) is -1.06. The molecule has 3 unspecified atom stereocenters. The standard InChI is InChI=1S/C16H22F2O/c1-3-11-5-4-6-12(9-11)16(19)13-8-7-10(2)14(17)15(13)18/h7-8,11-12,16,19H,3-6,9H2,1-2H3. The Balaban J connectivity index is 2.19. The number of rotatable bonds is 3. The summed E-state index contributed by atoms with van der Waals surface area (Å²) in [7, 11) is 0. The first kappa shape index (κ1) is 14.4. The lowest BCUT2D eigenvalue weighted by Crippen LogP contribution is -2.22. The van der Waals surface area contributed by atoms with Gasteiger partial charge in [-0.3, -0.25) is 0 Å². The smallest absolute Gasteiger partial charge is 0.164 e. The summed E-state index contributed by atoms with van der Waals surface area (Å²) < 4.78 is 27.5. The van der Waals surface area contributed by atoms with Gasteiger partial charge in [0.25, 0.3) is 0 Å². The maximum Gasteiger partial charge on any atom is 0.164 e. The van der Waals surface area contributed by atoms with Crippen LogP contribution in [-0.4, -0.2) is 5.11 Å². The number of benzene rings is 1. The van der Waals surface area contributed by atoms with Crippen molar-refractivity contribution < 1.29 is 13.9 Å². The molecule has 2 rings (SSSR count). The molecule has 3 heteroatoms. The quantitative estimate of drug-likeness (QED) is 0.854. The van der Waals surface area contributed by atoms with Crippen molar-refractivity contribution in [3.05, 3.63) is 34.9 Å². The summed E-state index contributed by atoms with van der Waals surface area (Å²) in [4.78, 5) is 0. The van der Waals surface area contributed by atoms with Crippen LogP contribution in [0, 0.1) is 30.4 Å². The Morgan fingerprint density at radius 3 is 2.68 bits per heavy atom. The largest absolute Gasteiger partial charge is 0.388 e. The van der Waals surface area contributed by atoms with Crippen molar-refractivity contribution in [3.63, 3.8) is 0 Å². The van der Waals surface area contributed by atoms with E-state index in [0.29, 0.717) is 5.92 Å². The fraction of sp³-hybridized carbons (Fsp3) is 0.625. The van der Waals surface area contributed by atoms with Crippen LogP contribution >= 0.6 is 0 Å². The van der Waals surface area contributed by atoms with Crippen molar-refractivity contribution in [2.24, 2.45) is 11.8 Å². The first-order valence-corrected chi connectivity index (χ1v) is 7.17. The summed E-state index contributed by atoms with van der Waals surface area (Å²) in [6.45, 7) is 3.67. The molecule has 0 aromatic heterocycles. The second-order valence-corrected chi connectivity index (χ2v) is 5.75. The molecule has 0 aliphatic heterocycles. The van der Waals surface area contributed by atoms with Gasteiger partial charge < -0.3 is 5.11 Å². The minimum absolute atomic E-state index is 0.0512. The molecule has 0 heterocycles. The normalized spacial score (nSPS) is 25.3. The highest BCUT2D eigenvalue weighted by atomic mass is 19.2. The van der Waals surface area contributed by atoms with Crippen molar-refractivity contribution in [1.82, 2.24) is 0 Å². The van der Waals surface area contributed by atoms with Crippen molar-refractivity contribution in [3.8, 4) is 0 Å². The van der Waals surface area contributed by atoms with E-state index in [1.807, 2.05) is 0 Å². The predicted octanol–water partition coefficient (Wildman–Crippen LogP) is 4.52. The third kappa shape index (κ3) is 2.97. The van der Waals surface area contributed by atoms with Gasteiger partial charge >= 0.3 is 0 Å². The molecule has 1 aliphatic carbocycles. The zero-order valence-corrected chi connectivity index (χ0v) is 11.6. The zero-order valence-electron chi connectivity index (χ0n) is 11.6. The Kier molecular flexibility index (Phi) is 4.56. The third-order valence-corrected chi connectivity index (χ3v) is 4.47. The summed E-state index contributed by atoms with van der Waals surface area (Å²) in [5.41, 5.74) is 0.397. The van der Waals surface area contributed by atoms with Crippen molar-refractivity contribution in [2.45, 2.75) is 52.1 Å². The van der Waals surface area contributed by atoms with E-state index in [0.717, 1.165) is 25.7 Å². The molecule has 0 saturated heterocycles. The summed E-state index contributed by atoms with van der Waals surface area (Å²) in [5, 5.41) is 10.3. The Hall–Kier alpha value is -0.960. The molecule has 1 nitrogen and oxygen atoms in total. The fourth-order valence-corrected chi connectivity index (χ4v) is 3.13. The molecule has 1 aromatic rings. The average Bonchev–Trinajstić information content (AvgIpc) is 2.44. The first-order valence-electron chi connectivity index (χ1n) is 7.17. The lowest BCUT2D eigenvalue weighted by molar-refractivity contribution is 0.0644. The Morgan fingerprint density at radius 1 is 1.26 bits per heavy atom. The molecule has 0 radical (unpaired) electrons. The molecule has 19 heavy (non-hydrogen) atoms. The van der Waals surface area contributed by atoms with Crippen LogP contribution in [0.15, 0.2) is 12.1 Å². The monoisotopic (exact) mass is 268 g/mol. The van der Waals surface area contributed by atoms with Gasteiger partial charge in [-0.2, -0.15) is 0 Å². The topological polar surface area (TPSA) is 20.2 Å². The lowest BCUT2D eigenvalue weighted by atomic mass is 9.76. The molecule has 0 amide bonds. The number of hydrogen-bond acceptors (Lipinski definition) is 1. The minimum atomic E-state index is -0.885. The molecule has 0 bridgehead atoms. The van der Waals surface area contributed by atoms with E-state index in [1.165, 1.54) is 25.5 Å². The zero-order chi connectivity index (χ0) is 14.0. The number of aliphatic hydroxyl groups is 1. The second kappa shape index (κ2) is 6.00. The highest BCUT2D eigenvalue weighted by Crippen LogP contribution is 2.39. The highest BCUT2D eigenvalue weighted by molar-refractivity contribution is 5.27. The van der Waals surface area contributed by atoms with Crippen molar-refractivity contribution in [1.29, 1.82) is 0 Å². The van der Waals surface area contributed by atoms with Gasteiger partial charge in [-0.05, 0) is 37.2 Å². The van der Waals surface area contributed by atoms with E-state index in [1.54, 1.807) is 0 Å². The number of aliphatic hydroxyl groups excluding tert-OH is 1. The maximum absolute atomic E-state index is 13.9. The van der Waals surface area contributed by atoms with E-state index >= 15 is 0 Å². The van der Waals surface area contributed by atoms with Crippen LogP contribution in [-0.2, 0) is 0 Å². The van der Waals surface area contributed by atoms with Crippen LogP contribution in [0.2, 0.25) is 0 Å². The highest BCUT2D eigenvalue weighted by Gasteiger charge is 2.29. The third-order valence-electron chi connectivity index (χ3n) is 4.47. The van der Waals surface area contributed by atoms with Gasteiger partial charge in [-0.15, -0.1) is 0 Å². The molecule has 0 spiro atoms. The molecule has 3 atom stereocenters. The Bertz CT molecular complexity index is 445. The number of aryl methyl sites for hydroxylation is 1. The molecule has 1 aromatic carbocycles. The van der Waals surface area contributed by atoms with Crippen molar-refractivity contribution >= 4 is 0 Å². The average molecular weight is 268 g/mol. The van der Waals surface area contributed by atoms with E-state index < -0.39 is 17.7 Å². The van der Waals surface area contributed by atoms with E-state index in [4.69, 9.17) is 0 Å². The van der Waals surface area contributed by atoms with E-state index in [2.05, 4.69) is 6.92 Å². The van der Waals surface area contributed by atoms with Crippen LogP contribution in [0.3, 0.4) is 0 Å². The summed E-state index contributed by atoms with van der Waals surface area (Å²) >= 11 is 0. The SMILES string of the molecule is CCC1CCCC(C(O)c2ccc(C)c(F)c2F)C1. The molecule has 1 aliphatic rings. The van der Waals surface area contributed by atoms with Gasteiger partial charge in [0.05, 0.1) is 6.10 Å². The molecular weight excluding hydrogens is 246 g/mol. The lowest BCUT2D eigenvalue weighted by Gasteiger charge is -2.32. The second-order valence-electron chi connectivity index (χ2n) is 5.75. The van der Waals surface area contributed by atoms with Gasteiger partial charge in [0, 0.05) is 5.56 Å². The molecule has 1 saturated carbocycles. The molecule has 1 fully saturated rings. The van der Waals surface area contributed by atoms with Crippen LogP contribution < -0.4 is 0 Å². The summed E-state index contributed by atoms with van der Waals surface area (Å²) in [6.07, 6.45) is 4.26. The Labute approximate surface area is 113 Å². The number of hydrogen-bond donors (Lipinski definition) is 1. The summed E-state index contributed by atoms with van der Waals surface area (Å²) in [6, 6.07) is 3.06. The molecule has 106 valence electrons. The van der Waals surface area contributed by atoms with Crippen molar-refractivity contribution in [2.75, 3.05) is 0 Å². The van der Waals surface area contributed by atoms with Gasteiger partial charge in [-0.25, -0.2) is 8.78 Å². The number of halogens is 2. The molecule has 1 N–H and O–H groups in total. The van der Waals surface area contributed by atoms with Gasteiger partial charge in [0.1, 0.15) is 0 Å². The van der Waals surface area contributed by atoms with Gasteiger partial charge in [-0.1, -0.05) is 38.3 Å². The van der Waals surface area contributed by atoms with E-state index in [9.17, 15) is 13.9 Å². The van der Waals surface area contributed by atoms with Gasteiger partial charge in [0.15, 0.2) is 11.6 Å². The minimum Gasteiger partial charge on any atom is -0.388 e. The van der Waals surface area contributed by atoms with Crippen LogP contribution in [0.4, 0.5) is 8.78 Å².